The summed E-state index contributed by atoms with van der Waals surface area (Å²) in [5.74, 6) is 1.85. The molecule has 4 nitrogen and oxygen atoms in total. The summed E-state index contributed by atoms with van der Waals surface area (Å²) in [6.45, 7) is 5.27. The summed E-state index contributed by atoms with van der Waals surface area (Å²) in [5, 5.41) is 4.46. The third-order valence-electron chi connectivity index (χ3n) is 4.83. The normalized spacial score (nSPS) is 29.7. The fourth-order valence-electron chi connectivity index (χ4n) is 3.94. The highest BCUT2D eigenvalue weighted by atomic mass is 15.3. The van der Waals surface area contributed by atoms with Crippen LogP contribution in [-0.4, -0.2) is 34.3 Å². The molecule has 1 aromatic heterocycles. The standard InChI is InChI=1S/C14H24N4/c1-10-13(9-17(2)16-10)14(6-15)18-7-11-4-3-5-12(11)8-18/h9,11-12,14H,3-8,15H2,1-2H3. The number of nitrogens with zero attached hydrogens (tertiary/aromatic N) is 3. The molecular weight excluding hydrogens is 224 g/mol. The van der Waals surface area contributed by atoms with Crippen molar-refractivity contribution in [1.29, 1.82) is 0 Å². The summed E-state index contributed by atoms with van der Waals surface area (Å²) in [6.07, 6.45) is 6.41. The van der Waals surface area contributed by atoms with Crippen molar-refractivity contribution in [3.05, 3.63) is 17.5 Å². The van der Waals surface area contributed by atoms with Gasteiger partial charge in [-0.1, -0.05) is 6.42 Å². The highest BCUT2D eigenvalue weighted by Crippen LogP contribution is 2.40. The third kappa shape index (κ3) is 1.97. The molecule has 1 saturated heterocycles. The summed E-state index contributed by atoms with van der Waals surface area (Å²) in [4.78, 5) is 2.60. The van der Waals surface area contributed by atoms with E-state index >= 15 is 0 Å². The second-order valence-electron chi connectivity index (χ2n) is 6.00. The van der Waals surface area contributed by atoms with E-state index in [-0.39, 0.29) is 0 Å². The van der Waals surface area contributed by atoms with Gasteiger partial charge in [0.1, 0.15) is 0 Å². The molecule has 2 heterocycles. The zero-order valence-corrected chi connectivity index (χ0v) is 11.5. The lowest BCUT2D eigenvalue weighted by Gasteiger charge is -2.27. The highest BCUT2D eigenvalue weighted by Gasteiger charge is 2.39. The molecule has 1 aliphatic heterocycles. The van der Waals surface area contributed by atoms with Crippen LogP contribution in [0, 0.1) is 18.8 Å². The van der Waals surface area contributed by atoms with Crippen LogP contribution in [0.2, 0.25) is 0 Å². The van der Waals surface area contributed by atoms with Crippen molar-refractivity contribution < 1.29 is 0 Å². The van der Waals surface area contributed by atoms with Gasteiger partial charge in [0.2, 0.25) is 0 Å². The summed E-state index contributed by atoms with van der Waals surface area (Å²) in [6, 6.07) is 0.365. The average Bonchev–Trinajstić information content (AvgIpc) is 2.95. The number of aryl methyl sites for hydroxylation is 2. The maximum Gasteiger partial charge on any atom is 0.0641 e. The van der Waals surface area contributed by atoms with Gasteiger partial charge in [0.25, 0.3) is 0 Å². The van der Waals surface area contributed by atoms with E-state index in [1.54, 1.807) is 0 Å². The van der Waals surface area contributed by atoms with E-state index in [0.29, 0.717) is 12.6 Å². The Morgan fingerprint density at radius 1 is 1.39 bits per heavy atom. The first-order valence-electron chi connectivity index (χ1n) is 7.13. The van der Waals surface area contributed by atoms with E-state index in [0.717, 1.165) is 17.5 Å². The van der Waals surface area contributed by atoms with Crippen molar-refractivity contribution in [3.8, 4) is 0 Å². The second kappa shape index (κ2) is 4.67. The fourth-order valence-corrected chi connectivity index (χ4v) is 3.94. The maximum atomic E-state index is 6.03. The van der Waals surface area contributed by atoms with E-state index in [1.807, 2.05) is 11.7 Å². The van der Waals surface area contributed by atoms with Crippen molar-refractivity contribution in [2.45, 2.75) is 32.2 Å². The van der Waals surface area contributed by atoms with Crippen LogP contribution in [0.4, 0.5) is 0 Å². The van der Waals surface area contributed by atoms with Crippen LogP contribution in [0.3, 0.4) is 0 Å². The Labute approximate surface area is 109 Å². The molecule has 0 spiro atoms. The molecule has 1 aliphatic carbocycles. The molecule has 2 aliphatic rings. The van der Waals surface area contributed by atoms with Gasteiger partial charge in [-0.25, -0.2) is 0 Å². The van der Waals surface area contributed by atoms with Gasteiger partial charge in [0.15, 0.2) is 0 Å². The van der Waals surface area contributed by atoms with Crippen molar-refractivity contribution >= 4 is 0 Å². The van der Waals surface area contributed by atoms with E-state index in [9.17, 15) is 0 Å². The molecule has 0 radical (unpaired) electrons. The number of nitrogens with two attached hydrogens (primary N) is 1. The lowest BCUT2D eigenvalue weighted by molar-refractivity contribution is 0.231. The summed E-state index contributed by atoms with van der Waals surface area (Å²) in [7, 11) is 1.99. The molecule has 2 fully saturated rings. The largest absolute Gasteiger partial charge is 0.329 e. The van der Waals surface area contributed by atoms with E-state index < -0.39 is 0 Å². The van der Waals surface area contributed by atoms with Gasteiger partial charge in [-0.15, -0.1) is 0 Å². The van der Waals surface area contributed by atoms with E-state index in [4.69, 9.17) is 5.73 Å². The van der Waals surface area contributed by atoms with Crippen molar-refractivity contribution in [2.24, 2.45) is 24.6 Å². The molecule has 0 bridgehead atoms. The smallest absolute Gasteiger partial charge is 0.0641 e. The maximum absolute atomic E-state index is 6.03. The fraction of sp³-hybridized carbons (Fsp3) is 0.786. The molecule has 0 amide bonds. The lowest BCUT2D eigenvalue weighted by Crippen LogP contribution is -2.33. The van der Waals surface area contributed by atoms with Gasteiger partial charge >= 0.3 is 0 Å². The van der Waals surface area contributed by atoms with Gasteiger partial charge in [0.05, 0.1) is 11.7 Å². The van der Waals surface area contributed by atoms with Crippen LogP contribution in [-0.2, 0) is 7.05 Å². The molecule has 3 rings (SSSR count). The third-order valence-corrected chi connectivity index (χ3v) is 4.83. The SMILES string of the molecule is Cc1nn(C)cc1C(CN)N1CC2CCCC2C1. The minimum absolute atomic E-state index is 0.365. The van der Waals surface area contributed by atoms with E-state index in [1.165, 1.54) is 37.9 Å². The average molecular weight is 248 g/mol. The number of aromatic nitrogens is 2. The predicted molar refractivity (Wildman–Crippen MR) is 72.1 cm³/mol. The number of hydrogen-bond donors (Lipinski definition) is 1. The van der Waals surface area contributed by atoms with Crippen LogP contribution in [0.5, 0.6) is 0 Å². The Kier molecular flexibility index (Phi) is 3.16. The van der Waals surface area contributed by atoms with E-state index in [2.05, 4.69) is 23.1 Å². The van der Waals surface area contributed by atoms with Gasteiger partial charge in [-0.3, -0.25) is 9.58 Å². The molecule has 2 N–H and O–H groups in total. The molecule has 1 aromatic rings. The monoisotopic (exact) mass is 248 g/mol. The van der Waals surface area contributed by atoms with Crippen molar-refractivity contribution in [3.63, 3.8) is 0 Å². The van der Waals surface area contributed by atoms with Crippen LogP contribution in [0.1, 0.15) is 36.6 Å². The minimum Gasteiger partial charge on any atom is -0.329 e. The Balaban J connectivity index is 1.79. The number of rotatable bonds is 3. The molecule has 18 heavy (non-hydrogen) atoms. The Bertz CT molecular complexity index is 413. The first-order chi connectivity index (χ1) is 8.69. The van der Waals surface area contributed by atoms with Gasteiger partial charge in [-0.05, 0) is 31.6 Å². The zero-order valence-electron chi connectivity index (χ0n) is 11.5. The number of hydrogen-bond acceptors (Lipinski definition) is 3. The number of fused-ring (bicyclic) bond motifs is 1. The highest BCUT2D eigenvalue weighted by molar-refractivity contribution is 5.21. The zero-order chi connectivity index (χ0) is 12.7. The van der Waals surface area contributed by atoms with Gasteiger partial charge in [0, 0.05) is 38.4 Å². The molecule has 0 aromatic carbocycles. The summed E-state index contributed by atoms with van der Waals surface area (Å²) in [5.41, 5.74) is 8.48. The molecule has 1 saturated carbocycles. The summed E-state index contributed by atoms with van der Waals surface area (Å²) < 4.78 is 1.91. The Hall–Kier alpha value is -0.870. The van der Waals surface area contributed by atoms with Gasteiger partial charge in [-0.2, -0.15) is 5.10 Å². The molecule has 3 atom stereocenters. The lowest BCUT2D eigenvalue weighted by atomic mass is 10.0. The topological polar surface area (TPSA) is 47.1 Å². The van der Waals surface area contributed by atoms with Crippen LogP contribution in [0.15, 0.2) is 6.20 Å². The molecule has 100 valence electrons. The Morgan fingerprint density at radius 3 is 2.56 bits per heavy atom. The second-order valence-corrected chi connectivity index (χ2v) is 6.00. The molecule has 4 heteroatoms. The van der Waals surface area contributed by atoms with Crippen LogP contribution in [0.25, 0.3) is 0 Å². The number of likely N-dealkylation sites (tertiary alicyclic amines) is 1. The van der Waals surface area contributed by atoms with Crippen LogP contribution >= 0.6 is 0 Å². The predicted octanol–water partition coefficient (Wildman–Crippen LogP) is 1.46. The quantitative estimate of drug-likeness (QED) is 0.881. The van der Waals surface area contributed by atoms with Gasteiger partial charge < -0.3 is 5.73 Å². The van der Waals surface area contributed by atoms with Crippen LogP contribution < -0.4 is 5.73 Å². The Morgan fingerprint density at radius 2 is 2.06 bits per heavy atom. The molecular formula is C14H24N4. The summed E-state index contributed by atoms with van der Waals surface area (Å²) >= 11 is 0. The first kappa shape index (κ1) is 12.2. The van der Waals surface area contributed by atoms with Crippen molar-refractivity contribution in [2.75, 3.05) is 19.6 Å². The van der Waals surface area contributed by atoms with Crippen molar-refractivity contribution in [1.82, 2.24) is 14.7 Å². The minimum atomic E-state index is 0.365. The first-order valence-corrected chi connectivity index (χ1v) is 7.13. The molecule has 3 unspecified atom stereocenters.